The number of ether oxygens (including phenoxy) is 2. The molecule has 0 aliphatic heterocycles. The number of nitrogens with one attached hydrogen (secondary N) is 1. The second-order valence-corrected chi connectivity index (χ2v) is 7.26. The molecule has 0 fully saturated rings. The molecule has 0 aliphatic carbocycles. The van der Waals surface area contributed by atoms with Gasteiger partial charge in [-0.1, -0.05) is 0 Å². The largest absolute Gasteiger partial charge is 0.492 e. The Morgan fingerprint density at radius 1 is 1.00 bits per heavy atom. The number of hydrogen-bond acceptors (Lipinski definition) is 4. The predicted octanol–water partition coefficient (Wildman–Crippen LogP) is 3.43. The summed E-state index contributed by atoms with van der Waals surface area (Å²) >= 11 is 0. The zero-order valence-corrected chi connectivity index (χ0v) is 14.3. The van der Waals surface area contributed by atoms with Crippen molar-refractivity contribution in [3.05, 3.63) is 54.3 Å². The Balaban J connectivity index is 1.85. The SMILES string of the molecule is CC(C)Oc1ccc(NS(=O)(=O)CCOc2ccc(F)cc2)cc1. The molecule has 0 spiro atoms. The van der Waals surface area contributed by atoms with E-state index in [1.807, 2.05) is 13.8 Å². The molecule has 2 rings (SSSR count). The standard InChI is InChI=1S/C17H20FNO4S/c1-13(2)23-17-9-5-15(6-10-17)19-24(20,21)12-11-22-16-7-3-14(18)4-8-16/h3-10,13,19H,11-12H2,1-2H3. The molecule has 0 unspecified atom stereocenters. The van der Waals surface area contributed by atoms with Crippen molar-refractivity contribution in [2.75, 3.05) is 17.1 Å². The summed E-state index contributed by atoms with van der Waals surface area (Å²) in [4.78, 5) is 0. The molecule has 0 saturated carbocycles. The van der Waals surface area contributed by atoms with Gasteiger partial charge >= 0.3 is 0 Å². The molecule has 0 atom stereocenters. The molecule has 130 valence electrons. The zero-order valence-electron chi connectivity index (χ0n) is 13.5. The van der Waals surface area contributed by atoms with Gasteiger partial charge < -0.3 is 9.47 Å². The maximum absolute atomic E-state index is 12.8. The third-order valence-electron chi connectivity index (χ3n) is 2.93. The van der Waals surface area contributed by atoms with Gasteiger partial charge in [-0.15, -0.1) is 0 Å². The lowest BCUT2D eigenvalue weighted by molar-refractivity contribution is 0.242. The summed E-state index contributed by atoms with van der Waals surface area (Å²) in [5, 5.41) is 0. The molecule has 0 heterocycles. The maximum atomic E-state index is 12.8. The molecule has 1 N–H and O–H groups in total. The first-order valence-corrected chi connectivity index (χ1v) is 9.15. The van der Waals surface area contributed by atoms with E-state index >= 15 is 0 Å². The highest BCUT2D eigenvalue weighted by Crippen LogP contribution is 2.18. The molecule has 5 nitrogen and oxygen atoms in total. The van der Waals surface area contributed by atoms with Gasteiger partial charge in [-0.3, -0.25) is 4.72 Å². The van der Waals surface area contributed by atoms with Crippen LogP contribution in [0.4, 0.5) is 10.1 Å². The molecular weight excluding hydrogens is 333 g/mol. The molecular formula is C17H20FNO4S. The van der Waals surface area contributed by atoms with Gasteiger partial charge in [0.1, 0.15) is 29.7 Å². The highest BCUT2D eigenvalue weighted by molar-refractivity contribution is 7.92. The number of sulfonamides is 1. The van der Waals surface area contributed by atoms with Crippen molar-refractivity contribution in [1.29, 1.82) is 0 Å². The summed E-state index contributed by atoms with van der Waals surface area (Å²) in [7, 11) is -3.54. The Morgan fingerprint density at radius 2 is 1.58 bits per heavy atom. The van der Waals surface area contributed by atoms with E-state index in [1.165, 1.54) is 24.3 Å². The van der Waals surface area contributed by atoms with Crippen LogP contribution in [-0.2, 0) is 10.0 Å². The van der Waals surface area contributed by atoms with Crippen LogP contribution < -0.4 is 14.2 Å². The van der Waals surface area contributed by atoms with Crippen LogP contribution in [0.25, 0.3) is 0 Å². The van der Waals surface area contributed by atoms with E-state index in [1.54, 1.807) is 24.3 Å². The second-order valence-electron chi connectivity index (χ2n) is 5.41. The van der Waals surface area contributed by atoms with Crippen LogP contribution in [0.5, 0.6) is 11.5 Å². The third kappa shape index (κ3) is 6.08. The molecule has 0 saturated heterocycles. The molecule has 0 amide bonds. The molecule has 0 radical (unpaired) electrons. The Bertz CT molecular complexity index is 743. The number of halogens is 1. The number of rotatable bonds is 8. The highest BCUT2D eigenvalue weighted by atomic mass is 32.2. The average Bonchev–Trinajstić information content (AvgIpc) is 2.50. The van der Waals surface area contributed by atoms with Crippen LogP contribution in [0.1, 0.15) is 13.8 Å². The minimum atomic E-state index is -3.54. The van der Waals surface area contributed by atoms with Gasteiger partial charge in [0.2, 0.25) is 10.0 Å². The van der Waals surface area contributed by atoms with Crippen LogP contribution >= 0.6 is 0 Å². The first-order chi connectivity index (χ1) is 11.3. The van der Waals surface area contributed by atoms with Crippen molar-refractivity contribution in [2.24, 2.45) is 0 Å². The normalized spacial score (nSPS) is 11.3. The van der Waals surface area contributed by atoms with E-state index in [-0.39, 0.29) is 24.3 Å². The summed E-state index contributed by atoms with van der Waals surface area (Å²) in [5.41, 5.74) is 0.452. The summed E-state index contributed by atoms with van der Waals surface area (Å²) in [6, 6.07) is 12.1. The summed E-state index contributed by atoms with van der Waals surface area (Å²) < 4.78 is 50.1. The Kier molecular flexibility index (Phi) is 6.03. The van der Waals surface area contributed by atoms with E-state index < -0.39 is 10.0 Å². The van der Waals surface area contributed by atoms with Crippen molar-refractivity contribution in [3.8, 4) is 11.5 Å². The Labute approximate surface area is 141 Å². The van der Waals surface area contributed by atoms with E-state index in [4.69, 9.17) is 9.47 Å². The van der Waals surface area contributed by atoms with Gasteiger partial charge in [0.15, 0.2) is 0 Å². The fraction of sp³-hybridized carbons (Fsp3) is 0.294. The number of hydrogen-bond donors (Lipinski definition) is 1. The smallest absolute Gasteiger partial charge is 0.236 e. The third-order valence-corrected chi connectivity index (χ3v) is 4.18. The van der Waals surface area contributed by atoms with E-state index in [2.05, 4.69) is 4.72 Å². The van der Waals surface area contributed by atoms with Gasteiger partial charge in [-0.2, -0.15) is 0 Å². The van der Waals surface area contributed by atoms with E-state index in [0.717, 1.165) is 0 Å². The monoisotopic (exact) mass is 353 g/mol. The van der Waals surface area contributed by atoms with Crippen molar-refractivity contribution in [2.45, 2.75) is 20.0 Å². The van der Waals surface area contributed by atoms with E-state index in [9.17, 15) is 12.8 Å². The fourth-order valence-electron chi connectivity index (χ4n) is 1.90. The fourth-order valence-corrected chi connectivity index (χ4v) is 2.80. The van der Waals surface area contributed by atoms with Crippen LogP contribution in [0.2, 0.25) is 0 Å². The Hall–Kier alpha value is -2.28. The second kappa shape index (κ2) is 8.01. The zero-order chi connectivity index (χ0) is 17.6. The summed E-state index contributed by atoms with van der Waals surface area (Å²) in [6.45, 7) is 3.80. The first-order valence-electron chi connectivity index (χ1n) is 7.50. The van der Waals surface area contributed by atoms with E-state index in [0.29, 0.717) is 17.2 Å². The maximum Gasteiger partial charge on any atom is 0.236 e. The molecule has 0 aromatic heterocycles. The van der Waals surface area contributed by atoms with Crippen molar-refractivity contribution in [1.82, 2.24) is 0 Å². The average molecular weight is 353 g/mol. The van der Waals surface area contributed by atoms with Crippen molar-refractivity contribution < 1.29 is 22.3 Å². The topological polar surface area (TPSA) is 64.6 Å². The molecule has 0 bridgehead atoms. The molecule has 24 heavy (non-hydrogen) atoms. The molecule has 7 heteroatoms. The minimum absolute atomic E-state index is 0.0322. The summed E-state index contributed by atoms with van der Waals surface area (Å²) in [5.74, 6) is 0.505. The van der Waals surface area contributed by atoms with Crippen molar-refractivity contribution in [3.63, 3.8) is 0 Å². The number of anilines is 1. The lowest BCUT2D eigenvalue weighted by atomic mass is 10.3. The van der Waals surface area contributed by atoms with Gasteiger partial charge in [-0.25, -0.2) is 12.8 Å². The van der Waals surface area contributed by atoms with Crippen LogP contribution in [0.15, 0.2) is 48.5 Å². The van der Waals surface area contributed by atoms with Crippen LogP contribution in [-0.4, -0.2) is 26.9 Å². The lowest BCUT2D eigenvalue weighted by Crippen LogP contribution is -2.21. The van der Waals surface area contributed by atoms with Gasteiger partial charge in [0.05, 0.1) is 6.10 Å². The van der Waals surface area contributed by atoms with Gasteiger partial charge in [0, 0.05) is 5.69 Å². The molecule has 2 aromatic rings. The van der Waals surface area contributed by atoms with Gasteiger partial charge in [0.25, 0.3) is 0 Å². The van der Waals surface area contributed by atoms with Crippen LogP contribution in [0, 0.1) is 5.82 Å². The lowest BCUT2D eigenvalue weighted by Gasteiger charge is -2.12. The highest BCUT2D eigenvalue weighted by Gasteiger charge is 2.11. The van der Waals surface area contributed by atoms with Gasteiger partial charge in [-0.05, 0) is 62.4 Å². The molecule has 2 aromatic carbocycles. The minimum Gasteiger partial charge on any atom is -0.492 e. The molecule has 0 aliphatic rings. The van der Waals surface area contributed by atoms with Crippen LogP contribution in [0.3, 0.4) is 0 Å². The summed E-state index contributed by atoms with van der Waals surface area (Å²) in [6.07, 6.45) is 0.0520. The quantitative estimate of drug-likeness (QED) is 0.790. The Morgan fingerprint density at radius 3 is 2.17 bits per heavy atom. The predicted molar refractivity (Wildman–Crippen MR) is 91.5 cm³/mol. The van der Waals surface area contributed by atoms with Crippen molar-refractivity contribution >= 4 is 15.7 Å². The first kappa shape index (κ1) is 18.1. The number of benzene rings is 2.